The van der Waals surface area contributed by atoms with Crippen LogP contribution in [0.1, 0.15) is 75.8 Å². The Kier molecular flexibility index (Phi) is 46.9. The Morgan fingerprint density at radius 1 is 0.820 bits per heavy atom. The van der Waals surface area contributed by atoms with Crippen molar-refractivity contribution in [1.29, 1.82) is 0 Å². The summed E-state index contributed by atoms with van der Waals surface area (Å²) in [4.78, 5) is 56.1. The first kappa shape index (κ1) is 80.4. The fraction of sp³-hybridized carbons (Fsp3) is 0.690. The number of methoxy groups -OCH3 is 1. The maximum Gasteiger partial charge on any atom is 0.190 e. The van der Waals surface area contributed by atoms with Gasteiger partial charge in [-0.3, -0.25) is 4.99 Å². The van der Waals surface area contributed by atoms with E-state index in [0.717, 1.165) is 107 Å². The molecule has 31 heteroatoms. The summed E-state index contributed by atoms with van der Waals surface area (Å²) in [7, 11) is 1.52. The molecule has 2 saturated heterocycles. The van der Waals surface area contributed by atoms with Gasteiger partial charge in [-0.15, -0.1) is 37.5 Å². The number of hydrogen-bond acceptors (Lipinski definition) is 22. The Morgan fingerprint density at radius 3 is 1.90 bits per heavy atom. The van der Waals surface area contributed by atoms with Crippen LogP contribution in [0, 0.1) is 36.2 Å². The number of benzene rings is 1. The van der Waals surface area contributed by atoms with Gasteiger partial charge in [0.1, 0.15) is 42.5 Å². The second kappa shape index (κ2) is 51.9. The molecule has 2 aliphatic heterocycles. The lowest BCUT2D eigenvalue weighted by Crippen LogP contribution is -2.47. The molecule has 0 spiro atoms. The maximum absolute atomic E-state index is 12.5. The lowest BCUT2D eigenvalue weighted by Gasteiger charge is -2.34. The number of nitrogens with zero attached hydrogens (tertiary/aromatic N) is 10. The summed E-state index contributed by atoms with van der Waals surface area (Å²) in [6.07, 6.45) is 20.5. The summed E-state index contributed by atoms with van der Waals surface area (Å²) in [6.45, 7) is 22.2. The van der Waals surface area contributed by atoms with Crippen molar-refractivity contribution in [3.8, 4) is 18.6 Å². The minimum Gasteiger partial charge on any atom is -0.491 e. The van der Waals surface area contributed by atoms with E-state index >= 15 is 0 Å². The van der Waals surface area contributed by atoms with Crippen LogP contribution in [-0.2, 0) is 70.2 Å². The van der Waals surface area contributed by atoms with Crippen LogP contribution < -0.4 is 4.74 Å². The zero-order valence-corrected chi connectivity index (χ0v) is 54.8. The van der Waals surface area contributed by atoms with Gasteiger partial charge in [0.15, 0.2) is 37.8 Å². The largest absolute Gasteiger partial charge is 0.491 e. The SMILES string of the molecule is C#C.C=Nc1c(/C(=N\CCl)N2CCN(C)CC2)cnn1C1CCC(CC)O1.COc1c(F)cc(F)cc1F.CP(C)CP(O)O.O=CCCOCCOCCOCCOCCn1cc(COCCOCCOCCOCCO/N=C2\CCC(CC=O)C2)nn1. The number of terminal acetylenes is 1. The Bertz CT molecular complexity index is 2390. The Labute approximate surface area is 529 Å². The third-order valence-corrected chi connectivity index (χ3v) is 16.2. The maximum atomic E-state index is 12.5. The van der Waals surface area contributed by atoms with Crippen LogP contribution in [0.25, 0.3) is 0 Å². The molecule has 0 bridgehead atoms. The Hall–Kier alpha value is -4.66. The van der Waals surface area contributed by atoms with E-state index in [2.05, 4.69) is 78.6 Å². The fourth-order valence-corrected chi connectivity index (χ4v) is 10.6. The summed E-state index contributed by atoms with van der Waals surface area (Å²) in [5.41, 5.74) is 2.65. The summed E-state index contributed by atoms with van der Waals surface area (Å²) in [6, 6.07) is 1.32. The number of carbonyl (C=O) groups excluding carboxylic acids is 2. The molecule has 3 aliphatic rings. The quantitative estimate of drug-likeness (QED) is 0.00661. The van der Waals surface area contributed by atoms with Crippen molar-refractivity contribution in [1.82, 2.24) is 34.6 Å². The molecule has 0 amide bonds. The molecule has 25 nitrogen and oxygen atoms in total. The minimum absolute atomic E-state index is 0.0797. The van der Waals surface area contributed by atoms with Crippen LogP contribution in [0.3, 0.4) is 0 Å². The van der Waals surface area contributed by atoms with Crippen LogP contribution in [0.5, 0.6) is 5.75 Å². The number of rotatable bonds is 40. The standard InChI is InChI=1S/C29H50N4O11.C17H27ClN6O.C7H5F3O.C3H10O2P2.C2H2/c34-6-1-8-36-10-12-38-14-15-39-13-11-37-9-5-33-25-29(30-32-33)26-43-21-20-41-17-16-40-18-19-42-22-23-44-31-28-3-2-27(24-28)4-7-35;1-4-13-5-6-15(25-13)24-16(19-2)14(11-21-24)17(20-12-18)23-9-7-22(3)8-10-23;1-11-7-5(9)2-4(8)3-6(7)10;1-6(2)3-7(4)5;1-2/h6-7,25,27H,1-5,8-24,26H2;11,13,15H,2,4-10,12H2,1,3H3;2-3H,1H3;4-5H,3H2,1-2H3;1-2H/b31-28+;20-17+;;;. The smallest absolute Gasteiger partial charge is 0.190 e. The molecule has 1 saturated carbocycles. The van der Waals surface area contributed by atoms with Gasteiger partial charge in [-0.1, -0.05) is 17.3 Å². The number of aromatic nitrogens is 5. The van der Waals surface area contributed by atoms with Crippen molar-refractivity contribution in [2.75, 3.05) is 171 Å². The average molecular weight is 1330 g/mol. The molecule has 89 heavy (non-hydrogen) atoms. The molecule has 3 atom stereocenters. The molecule has 1 aromatic carbocycles. The summed E-state index contributed by atoms with van der Waals surface area (Å²) in [5, 5.41) is 16.9. The highest BCUT2D eigenvalue weighted by Crippen LogP contribution is 2.40. The van der Waals surface area contributed by atoms with E-state index in [1.807, 2.05) is 30.4 Å². The number of alkyl halides is 1. The fourth-order valence-electron chi connectivity index (χ4n) is 8.42. The number of aliphatic imine (C=N–C) groups is 2. The minimum atomic E-state index is -1.61. The van der Waals surface area contributed by atoms with Crippen molar-refractivity contribution in [3.63, 3.8) is 0 Å². The molecule has 4 heterocycles. The van der Waals surface area contributed by atoms with Gasteiger partial charge in [0.25, 0.3) is 0 Å². The number of ether oxygens (including phenoxy) is 10. The number of likely N-dealkylation sites (N-methyl/N-ethyl adjacent to an activating group) is 1. The summed E-state index contributed by atoms with van der Waals surface area (Å²) in [5.74, 6) is -1.01. The number of piperazine rings is 1. The molecule has 2 N–H and O–H groups in total. The average Bonchev–Trinajstić information content (AvgIpc) is 1.95. The van der Waals surface area contributed by atoms with E-state index in [9.17, 15) is 22.8 Å². The number of amidine groups is 1. The first-order chi connectivity index (χ1) is 43.3. The van der Waals surface area contributed by atoms with Crippen molar-refractivity contribution >= 4 is 64.6 Å². The molecular weight excluding hydrogens is 1230 g/mol. The highest BCUT2D eigenvalue weighted by atomic mass is 35.5. The first-order valence-electron chi connectivity index (χ1n) is 29.4. The van der Waals surface area contributed by atoms with Gasteiger partial charge in [0.2, 0.25) is 0 Å². The molecule has 504 valence electrons. The van der Waals surface area contributed by atoms with E-state index in [0.29, 0.717) is 168 Å². The highest BCUT2D eigenvalue weighted by Gasteiger charge is 2.31. The van der Waals surface area contributed by atoms with Crippen molar-refractivity contribution < 1.29 is 84.8 Å². The van der Waals surface area contributed by atoms with Gasteiger partial charge < -0.3 is 81.4 Å². The number of halogens is 4. The van der Waals surface area contributed by atoms with Gasteiger partial charge in [0.05, 0.1) is 149 Å². The molecule has 3 aromatic rings. The molecule has 0 radical (unpaired) electrons. The normalized spacial score (nSPS) is 17.1. The predicted octanol–water partition coefficient (Wildman–Crippen LogP) is 7.10. The van der Waals surface area contributed by atoms with Gasteiger partial charge in [0, 0.05) is 57.1 Å². The monoisotopic (exact) mass is 1320 g/mol. The number of aldehydes is 2. The summed E-state index contributed by atoms with van der Waals surface area (Å²) >= 11 is 5.94. The molecule has 3 fully saturated rings. The lowest BCUT2D eigenvalue weighted by molar-refractivity contribution is -0.109. The lowest BCUT2D eigenvalue weighted by atomic mass is 10.1. The van der Waals surface area contributed by atoms with E-state index < -0.39 is 31.6 Å². The number of hydrogen-bond donors (Lipinski definition) is 2. The Morgan fingerprint density at radius 2 is 1.39 bits per heavy atom. The molecule has 3 unspecified atom stereocenters. The third-order valence-electron chi connectivity index (χ3n) is 12.8. The van der Waals surface area contributed by atoms with Crippen LogP contribution in [-0.4, -0.2) is 253 Å². The summed E-state index contributed by atoms with van der Waals surface area (Å²) < 4.78 is 94.8. The first-order valence-corrected chi connectivity index (χ1v) is 33.8. The zero-order valence-electron chi connectivity index (χ0n) is 52.3. The molecule has 6 rings (SSSR count). The van der Waals surface area contributed by atoms with Gasteiger partial charge in [-0.2, -0.15) is 5.10 Å². The van der Waals surface area contributed by atoms with Crippen molar-refractivity contribution in [2.24, 2.45) is 21.1 Å². The topological polar surface area (TPSA) is 268 Å². The van der Waals surface area contributed by atoms with Gasteiger partial charge in [-0.05, 0) is 71.5 Å². The predicted molar refractivity (Wildman–Crippen MR) is 336 cm³/mol. The van der Waals surface area contributed by atoms with E-state index in [4.69, 9.17) is 68.9 Å². The number of oxime groups is 1. The van der Waals surface area contributed by atoms with E-state index in [1.54, 1.807) is 4.68 Å². The number of carbonyl (C=O) groups is 2. The van der Waals surface area contributed by atoms with Crippen LogP contribution in [0.2, 0.25) is 0 Å². The van der Waals surface area contributed by atoms with Gasteiger partial charge in [-0.25, -0.2) is 27.5 Å². The third kappa shape index (κ3) is 36.2. The molecule has 2 aromatic heterocycles. The Balaban J connectivity index is 0.000000494. The second-order valence-electron chi connectivity index (χ2n) is 19.8. The van der Waals surface area contributed by atoms with Crippen LogP contribution in [0.4, 0.5) is 19.0 Å². The van der Waals surface area contributed by atoms with Crippen LogP contribution >= 0.6 is 27.9 Å². The van der Waals surface area contributed by atoms with Crippen LogP contribution in [0.15, 0.2) is 39.7 Å². The second-order valence-corrected chi connectivity index (χ2v) is 24.1. The zero-order chi connectivity index (χ0) is 65.3. The highest BCUT2D eigenvalue weighted by molar-refractivity contribution is 7.68. The molecule has 1 aliphatic carbocycles. The van der Waals surface area contributed by atoms with E-state index in [1.165, 1.54) is 0 Å². The van der Waals surface area contributed by atoms with E-state index in [-0.39, 0.29) is 20.2 Å². The van der Waals surface area contributed by atoms with Crippen molar-refractivity contribution in [3.05, 3.63) is 53.2 Å². The molecular formula is C58H94ClF3N10O15P2. The van der Waals surface area contributed by atoms with Gasteiger partial charge >= 0.3 is 0 Å². The van der Waals surface area contributed by atoms with Crippen molar-refractivity contribution in [2.45, 2.75) is 83.8 Å².